The van der Waals surface area contributed by atoms with E-state index >= 15 is 0 Å². The van der Waals surface area contributed by atoms with Gasteiger partial charge >= 0.3 is 0 Å². The van der Waals surface area contributed by atoms with Gasteiger partial charge in [-0.25, -0.2) is 4.98 Å². The molecule has 0 fully saturated rings. The highest BCUT2D eigenvalue weighted by Crippen LogP contribution is 2.38. The fourth-order valence-electron chi connectivity index (χ4n) is 2.88. The zero-order valence-electron chi connectivity index (χ0n) is 15.8. The van der Waals surface area contributed by atoms with Gasteiger partial charge < -0.3 is 9.47 Å². The molecule has 0 spiro atoms. The number of nitrogens with zero attached hydrogens (tertiary/aromatic N) is 2. The quantitative estimate of drug-likeness (QED) is 0.461. The van der Waals surface area contributed by atoms with E-state index in [1.54, 1.807) is 14.2 Å². The number of halogens is 1. The molecule has 0 radical (unpaired) electrons. The predicted octanol–water partition coefficient (Wildman–Crippen LogP) is 6.07. The summed E-state index contributed by atoms with van der Waals surface area (Å²) in [6.07, 6.45) is 0. The minimum Gasteiger partial charge on any atom is -0.497 e. The molecule has 0 saturated carbocycles. The molecule has 3 aromatic rings. The van der Waals surface area contributed by atoms with E-state index in [0.717, 1.165) is 28.1 Å². The van der Waals surface area contributed by atoms with Gasteiger partial charge in [-0.2, -0.15) is 5.26 Å². The second-order valence-corrected chi connectivity index (χ2v) is 7.54. The van der Waals surface area contributed by atoms with Gasteiger partial charge in [-0.05, 0) is 47.7 Å². The Morgan fingerprint density at radius 1 is 1.04 bits per heavy atom. The molecule has 2 aromatic carbocycles. The van der Waals surface area contributed by atoms with Gasteiger partial charge in [0.05, 0.1) is 25.5 Å². The van der Waals surface area contributed by atoms with Crippen molar-refractivity contribution in [2.45, 2.75) is 11.9 Å². The van der Waals surface area contributed by atoms with E-state index < -0.39 is 0 Å². The van der Waals surface area contributed by atoms with Crippen LogP contribution in [-0.4, -0.2) is 25.0 Å². The standard InChI is InChI=1S/C22H19ClN2O2S/c1-4-28-22-19(13-24)17(14-5-7-15(23)8-6-14)12-20(25-22)18-11-16(26-2)9-10-21(18)27-3/h5-12H,4H2,1-3H3. The summed E-state index contributed by atoms with van der Waals surface area (Å²) in [6.45, 7) is 2.04. The van der Waals surface area contributed by atoms with Crippen molar-refractivity contribution in [3.63, 3.8) is 0 Å². The van der Waals surface area contributed by atoms with Crippen LogP contribution in [0.4, 0.5) is 0 Å². The van der Waals surface area contributed by atoms with E-state index in [4.69, 9.17) is 26.1 Å². The van der Waals surface area contributed by atoms with E-state index in [-0.39, 0.29) is 0 Å². The maximum absolute atomic E-state index is 9.81. The fourth-order valence-corrected chi connectivity index (χ4v) is 3.74. The largest absolute Gasteiger partial charge is 0.497 e. The minimum absolute atomic E-state index is 0.555. The first-order valence-corrected chi connectivity index (χ1v) is 10.0. The van der Waals surface area contributed by atoms with Crippen LogP contribution >= 0.6 is 23.4 Å². The average molecular weight is 411 g/mol. The predicted molar refractivity (Wildman–Crippen MR) is 114 cm³/mol. The Balaban J connectivity index is 2.29. The van der Waals surface area contributed by atoms with Gasteiger partial charge in [0.2, 0.25) is 0 Å². The monoisotopic (exact) mass is 410 g/mol. The lowest BCUT2D eigenvalue weighted by Crippen LogP contribution is -1.98. The maximum atomic E-state index is 9.81. The number of thioether (sulfide) groups is 1. The van der Waals surface area contributed by atoms with Crippen LogP contribution in [0.1, 0.15) is 12.5 Å². The molecule has 142 valence electrons. The van der Waals surface area contributed by atoms with Crippen molar-refractivity contribution in [3.05, 3.63) is 59.1 Å². The number of hydrogen-bond acceptors (Lipinski definition) is 5. The summed E-state index contributed by atoms with van der Waals surface area (Å²) in [5, 5.41) is 11.2. The number of nitriles is 1. The summed E-state index contributed by atoms with van der Waals surface area (Å²) in [5.41, 5.74) is 3.80. The number of benzene rings is 2. The van der Waals surface area contributed by atoms with Gasteiger partial charge in [0.25, 0.3) is 0 Å². The average Bonchev–Trinajstić information content (AvgIpc) is 2.73. The van der Waals surface area contributed by atoms with Crippen molar-refractivity contribution in [1.82, 2.24) is 4.98 Å². The molecule has 28 heavy (non-hydrogen) atoms. The third-order valence-electron chi connectivity index (χ3n) is 4.22. The topological polar surface area (TPSA) is 55.1 Å². The summed E-state index contributed by atoms with van der Waals surface area (Å²) < 4.78 is 10.9. The Hall–Kier alpha value is -2.68. The van der Waals surface area contributed by atoms with Crippen molar-refractivity contribution in [1.29, 1.82) is 5.26 Å². The molecule has 0 amide bonds. The van der Waals surface area contributed by atoms with Crippen molar-refractivity contribution >= 4 is 23.4 Å². The van der Waals surface area contributed by atoms with Crippen molar-refractivity contribution in [3.8, 4) is 40.0 Å². The molecule has 0 aliphatic carbocycles. The number of methoxy groups -OCH3 is 2. The van der Waals surface area contributed by atoms with Gasteiger partial charge in [0.15, 0.2) is 0 Å². The Bertz CT molecular complexity index is 1030. The third-order valence-corrected chi connectivity index (χ3v) is 5.33. The molecule has 6 heteroatoms. The first-order chi connectivity index (χ1) is 13.6. The van der Waals surface area contributed by atoms with Crippen LogP contribution in [0.25, 0.3) is 22.4 Å². The second-order valence-electron chi connectivity index (χ2n) is 5.85. The van der Waals surface area contributed by atoms with Gasteiger partial charge in [0.1, 0.15) is 22.6 Å². The van der Waals surface area contributed by atoms with Crippen LogP contribution in [-0.2, 0) is 0 Å². The zero-order valence-corrected chi connectivity index (χ0v) is 17.4. The Morgan fingerprint density at radius 3 is 2.39 bits per heavy atom. The van der Waals surface area contributed by atoms with Gasteiger partial charge in [-0.1, -0.05) is 30.7 Å². The summed E-state index contributed by atoms with van der Waals surface area (Å²) in [5.74, 6) is 2.20. The fraction of sp³-hybridized carbons (Fsp3) is 0.182. The highest BCUT2D eigenvalue weighted by Gasteiger charge is 2.18. The highest BCUT2D eigenvalue weighted by atomic mass is 35.5. The minimum atomic E-state index is 0.555. The Kier molecular flexibility index (Phi) is 6.45. The molecule has 3 rings (SSSR count). The molecule has 0 unspecified atom stereocenters. The van der Waals surface area contributed by atoms with Gasteiger partial charge in [-0.3, -0.25) is 0 Å². The lowest BCUT2D eigenvalue weighted by Gasteiger charge is -2.15. The van der Waals surface area contributed by atoms with Crippen molar-refractivity contribution in [2.75, 3.05) is 20.0 Å². The van der Waals surface area contributed by atoms with Crippen LogP contribution in [0.5, 0.6) is 11.5 Å². The van der Waals surface area contributed by atoms with E-state index in [1.807, 2.05) is 55.5 Å². The van der Waals surface area contributed by atoms with Crippen LogP contribution in [0.3, 0.4) is 0 Å². The van der Waals surface area contributed by atoms with Crippen LogP contribution in [0.2, 0.25) is 5.02 Å². The molecule has 0 saturated heterocycles. The Morgan fingerprint density at radius 2 is 1.79 bits per heavy atom. The van der Waals surface area contributed by atoms with E-state index in [0.29, 0.717) is 27.1 Å². The lowest BCUT2D eigenvalue weighted by molar-refractivity contribution is 0.404. The summed E-state index contributed by atoms with van der Waals surface area (Å²) in [4.78, 5) is 4.77. The van der Waals surface area contributed by atoms with Crippen LogP contribution in [0, 0.1) is 11.3 Å². The molecular formula is C22H19ClN2O2S. The van der Waals surface area contributed by atoms with Crippen LogP contribution in [0.15, 0.2) is 53.6 Å². The summed E-state index contributed by atoms with van der Waals surface area (Å²) >= 11 is 7.58. The smallest absolute Gasteiger partial charge is 0.128 e. The number of aromatic nitrogens is 1. The first kappa shape index (κ1) is 20.1. The number of ether oxygens (including phenoxy) is 2. The SMILES string of the molecule is CCSc1nc(-c2cc(OC)ccc2OC)cc(-c2ccc(Cl)cc2)c1C#N. The molecule has 4 nitrogen and oxygen atoms in total. The molecule has 1 heterocycles. The number of rotatable bonds is 6. The summed E-state index contributed by atoms with van der Waals surface area (Å²) in [6, 6.07) is 17.3. The van der Waals surface area contributed by atoms with E-state index in [1.165, 1.54) is 11.8 Å². The second kappa shape index (κ2) is 9.01. The lowest BCUT2D eigenvalue weighted by atomic mass is 9.99. The normalized spacial score (nSPS) is 10.4. The Labute approximate surface area is 174 Å². The van der Waals surface area contributed by atoms with Crippen molar-refractivity contribution in [2.24, 2.45) is 0 Å². The molecule has 0 bridgehead atoms. The zero-order chi connectivity index (χ0) is 20.1. The van der Waals surface area contributed by atoms with Crippen LogP contribution < -0.4 is 9.47 Å². The first-order valence-electron chi connectivity index (χ1n) is 8.67. The van der Waals surface area contributed by atoms with E-state index in [2.05, 4.69) is 6.07 Å². The van der Waals surface area contributed by atoms with Gasteiger partial charge in [0, 0.05) is 16.1 Å². The molecule has 0 aliphatic heterocycles. The summed E-state index contributed by atoms with van der Waals surface area (Å²) in [7, 11) is 3.24. The molecule has 0 atom stereocenters. The van der Waals surface area contributed by atoms with Crippen molar-refractivity contribution < 1.29 is 9.47 Å². The molecular weight excluding hydrogens is 392 g/mol. The molecule has 0 N–H and O–H groups in total. The maximum Gasteiger partial charge on any atom is 0.128 e. The number of hydrogen-bond donors (Lipinski definition) is 0. The van der Waals surface area contributed by atoms with E-state index in [9.17, 15) is 5.26 Å². The number of pyridine rings is 1. The molecule has 1 aromatic heterocycles. The highest BCUT2D eigenvalue weighted by molar-refractivity contribution is 7.99. The third kappa shape index (κ3) is 4.09. The molecule has 0 aliphatic rings. The van der Waals surface area contributed by atoms with Gasteiger partial charge in [-0.15, -0.1) is 11.8 Å².